The van der Waals surface area contributed by atoms with Gasteiger partial charge in [0.2, 0.25) is 11.5 Å². The average Bonchev–Trinajstić information content (AvgIpc) is 3.61. The summed E-state index contributed by atoms with van der Waals surface area (Å²) in [7, 11) is 5.94. The second kappa shape index (κ2) is 10.7. The Balaban J connectivity index is 1.32. The molecule has 0 spiro atoms. The number of fused-ring (bicyclic) bond motifs is 6. The molecule has 2 heterocycles. The zero-order valence-electron chi connectivity index (χ0n) is 26.3. The minimum absolute atomic E-state index is 0.00859. The smallest absolute Gasteiger partial charge is 0.201 e. The molecule has 2 radical (unpaired) electrons. The van der Waals surface area contributed by atoms with E-state index in [-0.39, 0.29) is 55.6 Å². The second-order valence-corrected chi connectivity index (χ2v) is 12.4. The summed E-state index contributed by atoms with van der Waals surface area (Å²) in [5.41, 5.74) is 2.85. The number of aliphatic hydroxyl groups is 2. The van der Waals surface area contributed by atoms with E-state index in [9.17, 15) is 51.1 Å². The zero-order valence-corrected chi connectivity index (χ0v) is 26.3. The first kappa shape index (κ1) is 31.3. The molecular formula is C38H27BN2O10. The molecule has 1 aliphatic carbocycles. The maximum absolute atomic E-state index is 11.2. The van der Waals surface area contributed by atoms with Crippen LogP contribution in [0.2, 0.25) is 0 Å². The van der Waals surface area contributed by atoms with Gasteiger partial charge in [-0.2, -0.15) is 0 Å². The van der Waals surface area contributed by atoms with Crippen molar-refractivity contribution in [2.45, 2.75) is 12.0 Å². The van der Waals surface area contributed by atoms with Crippen LogP contribution in [0.5, 0.6) is 46.0 Å². The van der Waals surface area contributed by atoms with Crippen LogP contribution in [0, 0.1) is 0 Å². The summed E-state index contributed by atoms with van der Waals surface area (Å²) in [6.07, 6.45) is 2.66. The van der Waals surface area contributed by atoms with E-state index in [1.165, 1.54) is 30.4 Å². The molecule has 1 aromatic heterocycles. The Bertz CT molecular complexity index is 2610. The summed E-state index contributed by atoms with van der Waals surface area (Å²) in [5, 5.41) is 107. The molecule has 2 atom stereocenters. The minimum atomic E-state index is -0.994. The van der Waals surface area contributed by atoms with E-state index < -0.39 is 58.0 Å². The first-order valence-electron chi connectivity index (χ1n) is 15.5. The highest BCUT2D eigenvalue weighted by Gasteiger charge is 2.46. The van der Waals surface area contributed by atoms with Crippen LogP contribution in [0.15, 0.2) is 96.4 Å². The summed E-state index contributed by atoms with van der Waals surface area (Å²) < 4.78 is 1.59. The van der Waals surface area contributed by atoms with Crippen LogP contribution in [0.25, 0.3) is 44.7 Å². The van der Waals surface area contributed by atoms with Gasteiger partial charge in [0.15, 0.2) is 23.0 Å². The van der Waals surface area contributed by atoms with Crippen molar-refractivity contribution in [2.24, 2.45) is 0 Å². The molecule has 0 saturated heterocycles. The van der Waals surface area contributed by atoms with Crippen molar-refractivity contribution >= 4 is 47.1 Å². The van der Waals surface area contributed by atoms with Crippen LogP contribution < -0.4 is 4.90 Å². The van der Waals surface area contributed by atoms with Crippen molar-refractivity contribution in [3.8, 4) is 62.8 Å². The highest BCUT2D eigenvalue weighted by molar-refractivity contribution is 6.24. The number of anilines is 2. The normalized spacial score (nSPS) is 16.8. The minimum Gasteiger partial charge on any atom is -0.512 e. The molecule has 2 aliphatic rings. The predicted molar refractivity (Wildman–Crippen MR) is 191 cm³/mol. The lowest BCUT2D eigenvalue weighted by atomic mass is 9.78. The number of hydrogen-bond acceptors (Lipinski definition) is 11. The average molecular weight is 682 g/mol. The molecular weight excluding hydrogens is 655 g/mol. The second-order valence-electron chi connectivity index (χ2n) is 12.4. The van der Waals surface area contributed by atoms with Gasteiger partial charge in [-0.3, -0.25) is 0 Å². The number of aliphatic hydroxyl groups excluding tert-OH is 2. The van der Waals surface area contributed by atoms with Gasteiger partial charge in [0.05, 0.1) is 50.8 Å². The van der Waals surface area contributed by atoms with Crippen LogP contribution >= 0.6 is 0 Å². The van der Waals surface area contributed by atoms with E-state index in [1.54, 1.807) is 45.9 Å². The van der Waals surface area contributed by atoms with Gasteiger partial charge in [-0.1, -0.05) is 36.9 Å². The molecule has 8 rings (SSSR count). The molecule has 0 amide bonds. The fourth-order valence-corrected chi connectivity index (χ4v) is 7.37. The van der Waals surface area contributed by atoms with E-state index in [1.807, 2.05) is 12.1 Å². The van der Waals surface area contributed by atoms with Crippen LogP contribution in [0.1, 0.15) is 17.0 Å². The van der Waals surface area contributed by atoms with E-state index in [0.717, 1.165) is 0 Å². The molecule has 5 aromatic carbocycles. The summed E-state index contributed by atoms with van der Waals surface area (Å²) in [5.74, 6) is -6.56. The molecule has 0 bridgehead atoms. The Morgan fingerprint density at radius 3 is 1.86 bits per heavy atom. The molecule has 252 valence electrons. The van der Waals surface area contributed by atoms with E-state index in [0.29, 0.717) is 22.5 Å². The molecule has 1 aliphatic heterocycles. The molecule has 0 saturated carbocycles. The third-order valence-electron chi connectivity index (χ3n) is 9.69. The Hall–Kier alpha value is -7.02. The van der Waals surface area contributed by atoms with E-state index in [2.05, 4.69) is 6.58 Å². The third-order valence-corrected chi connectivity index (χ3v) is 9.69. The maximum Gasteiger partial charge on any atom is 0.201 e. The SMILES string of the molecule is [B]C1=C(O)C2c3c(cc(O)c(O)c3O)N(c3cccc(-c4cccc(-n5c6cc(O)c(O)c(O)c6c6c(O)c(C=C)c(O)cc65)c4)c3)C2C=C1O. The Morgan fingerprint density at radius 2 is 1.20 bits per heavy atom. The van der Waals surface area contributed by atoms with E-state index >= 15 is 0 Å². The van der Waals surface area contributed by atoms with Gasteiger partial charge in [-0.25, -0.2) is 0 Å². The maximum atomic E-state index is 11.2. The van der Waals surface area contributed by atoms with Crippen molar-refractivity contribution < 1.29 is 51.1 Å². The van der Waals surface area contributed by atoms with Gasteiger partial charge < -0.3 is 60.5 Å². The number of benzene rings is 5. The van der Waals surface area contributed by atoms with Crippen molar-refractivity contribution in [2.75, 3.05) is 4.90 Å². The number of aromatic hydroxyl groups is 8. The van der Waals surface area contributed by atoms with Crippen LogP contribution in [0.4, 0.5) is 11.4 Å². The fourth-order valence-electron chi connectivity index (χ4n) is 7.37. The van der Waals surface area contributed by atoms with Crippen LogP contribution in [-0.4, -0.2) is 69.5 Å². The molecule has 0 fully saturated rings. The number of nitrogens with zero attached hydrogens (tertiary/aromatic N) is 2. The summed E-state index contributed by atoms with van der Waals surface area (Å²) in [4.78, 5) is 1.68. The zero-order chi connectivity index (χ0) is 36.2. The Morgan fingerprint density at radius 1 is 0.627 bits per heavy atom. The lowest BCUT2D eigenvalue weighted by molar-refractivity contribution is 0.328. The van der Waals surface area contributed by atoms with Crippen LogP contribution in [0.3, 0.4) is 0 Å². The number of hydrogen-bond donors (Lipinski definition) is 10. The molecule has 51 heavy (non-hydrogen) atoms. The van der Waals surface area contributed by atoms with Crippen molar-refractivity contribution in [3.63, 3.8) is 0 Å². The summed E-state index contributed by atoms with van der Waals surface area (Å²) in [6.45, 7) is 3.64. The molecule has 6 aromatic rings. The topological polar surface area (TPSA) is 210 Å². The largest absolute Gasteiger partial charge is 0.512 e. The fraction of sp³-hybridized carbons (Fsp3) is 0.0526. The van der Waals surface area contributed by atoms with Gasteiger partial charge in [0.1, 0.15) is 25.1 Å². The molecule has 12 nitrogen and oxygen atoms in total. The highest BCUT2D eigenvalue weighted by Crippen LogP contribution is 2.58. The van der Waals surface area contributed by atoms with Gasteiger partial charge in [-0.15, -0.1) is 0 Å². The molecule has 2 unspecified atom stereocenters. The van der Waals surface area contributed by atoms with Crippen LogP contribution in [-0.2, 0) is 0 Å². The van der Waals surface area contributed by atoms with Crippen molar-refractivity contribution in [1.29, 1.82) is 0 Å². The van der Waals surface area contributed by atoms with E-state index in [4.69, 9.17) is 7.85 Å². The summed E-state index contributed by atoms with van der Waals surface area (Å²) in [6, 6.07) is 17.2. The number of allylic oxidation sites excluding steroid dienone is 1. The monoisotopic (exact) mass is 682 g/mol. The van der Waals surface area contributed by atoms with Crippen molar-refractivity contribution in [1.82, 2.24) is 4.57 Å². The van der Waals surface area contributed by atoms with Gasteiger partial charge >= 0.3 is 0 Å². The number of phenolic OH excluding ortho intramolecular Hbond substituents is 8. The lowest BCUT2D eigenvalue weighted by Crippen LogP contribution is -2.32. The van der Waals surface area contributed by atoms with Gasteiger partial charge in [0, 0.05) is 35.1 Å². The lowest BCUT2D eigenvalue weighted by Gasteiger charge is -2.31. The standard InChI is InChI=1S/C38H27BN2O10/c1-2-19-24(42)11-20-28(33(19)46)30-22(13-26(44)34(47)37(30)50)40(20)17-7-3-5-15(9-17)16-6-4-8-18(10-16)41-21-12-25(43)32(39)36(49)29(21)31-23(41)14-27(45)35(48)38(31)51/h2-14,21,29,42-51H,1H2. The van der Waals surface area contributed by atoms with Crippen molar-refractivity contribution in [3.05, 3.63) is 108 Å². The number of rotatable bonds is 4. The summed E-state index contributed by atoms with van der Waals surface area (Å²) >= 11 is 0. The number of aromatic nitrogens is 1. The predicted octanol–water partition coefficient (Wildman–Crippen LogP) is 6.74. The Labute approximate surface area is 289 Å². The van der Waals surface area contributed by atoms with Gasteiger partial charge in [-0.05, 0) is 46.9 Å². The quantitative estimate of drug-likeness (QED) is 0.0695. The molecule has 13 heteroatoms. The first-order valence-corrected chi connectivity index (χ1v) is 15.5. The third kappa shape index (κ3) is 4.21. The molecule has 10 N–H and O–H groups in total. The highest BCUT2D eigenvalue weighted by atomic mass is 16.3. The Kier molecular flexibility index (Phi) is 6.59. The van der Waals surface area contributed by atoms with Gasteiger partial charge in [0.25, 0.3) is 0 Å². The first-order chi connectivity index (χ1) is 24.3. The number of phenols is 8.